The molecule has 0 saturated heterocycles. The van der Waals surface area contributed by atoms with Gasteiger partial charge in [-0.25, -0.2) is 9.37 Å². The minimum Gasteiger partial charge on any atom is -0.241 e. The first-order valence-corrected chi connectivity index (χ1v) is 5.53. The van der Waals surface area contributed by atoms with Gasteiger partial charge in [-0.05, 0) is 12.1 Å². The standard InChI is InChI=1S/C10H9ClFNS/c1-5(2)10-13-7-4-3-6(11)8(12)9(7)14-10/h3-5H,1-2H3. The van der Waals surface area contributed by atoms with Gasteiger partial charge in [-0.1, -0.05) is 25.4 Å². The summed E-state index contributed by atoms with van der Waals surface area (Å²) < 4.78 is 14.1. The molecule has 1 nitrogen and oxygen atoms in total. The predicted molar refractivity (Wildman–Crippen MR) is 58.7 cm³/mol. The lowest BCUT2D eigenvalue weighted by Gasteiger charge is -1.94. The largest absolute Gasteiger partial charge is 0.241 e. The molecule has 1 aromatic carbocycles. The molecule has 0 atom stereocenters. The van der Waals surface area contributed by atoms with Gasteiger partial charge in [-0.2, -0.15) is 0 Å². The molecule has 0 amide bonds. The zero-order chi connectivity index (χ0) is 10.3. The highest BCUT2D eigenvalue weighted by Gasteiger charge is 2.12. The van der Waals surface area contributed by atoms with Gasteiger partial charge < -0.3 is 0 Å². The Balaban J connectivity index is 2.71. The summed E-state index contributed by atoms with van der Waals surface area (Å²) in [6.07, 6.45) is 0. The Kier molecular flexibility index (Phi) is 2.45. The third-order valence-electron chi connectivity index (χ3n) is 1.96. The van der Waals surface area contributed by atoms with Gasteiger partial charge in [0.2, 0.25) is 0 Å². The number of hydrogen-bond donors (Lipinski definition) is 0. The van der Waals surface area contributed by atoms with Crippen molar-refractivity contribution >= 4 is 33.2 Å². The van der Waals surface area contributed by atoms with Crippen LogP contribution in [0.15, 0.2) is 12.1 Å². The molecule has 0 radical (unpaired) electrons. The van der Waals surface area contributed by atoms with Gasteiger partial charge in [0.25, 0.3) is 0 Å². The van der Waals surface area contributed by atoms with E-state index >= 15 is 0 Å². The van der Waals surface area contributed by atoms with E-state index in [1.54, 1.807) is 12.1 Å². The van der Waals surface area contributed by atoms with E-state index in [-0.39, 0.29) is 10.8 Å². The van der Waals surface area contributed by atoms with Crippen LogP contribution in [-0.2, 0) is 0 Å². The maximum atomic E-state index is 13.5. The lowest BCUT2D eigenvalue weighted by Crippen LogP contribution is -1.82. The topological polar surface area (TPSA) is 12.9 Å². The zero-order valence-electron chi connectivity index (χ0n) is 7.84. The summed E-state index contributed by atoms with van der Waals surface area (Å²) in [7, 11) is 0. The van der Waals surface area contributed by atoms with Crippen LogP contribution in [0.3, 0.4) is 0 Å². The Bertz CT molecular complexity index is 478. The van der Waals surface area contributed by atoms with Crippen molar-refractivity contribution in [2.75, 3.05) is 0 Å². The Morgan fingerprint density at radius 3 is 2.79 bits per heavy atom. The molecule has 74 valence electrons. The molecule has 1 aromatic heterocycles. The van der Waals surface area contributed by atoms with Crippen molar-refractivity contribution in [3.05, 3.63) is 28.0 Å². The molecule has 4 heteroatoms. The minimum absolute atomic E-state index is 0.163. The average Bonchev–Trinajstić information content (AvgIpc) is 2.56. The van der Waals surface area contributed by atoms with Crippen LogP contribution >= 0.6 is 22.9 Å². The van der Waals surface area contributed by atoms with Crippen molar-refractivity contribution in [1.82, 2.24) is 4.98 Å². The van der Waals surface area contributed by atoms with Crippen molar-refractivity contribution in [1.29, 1.82) is 0 Å². The van der Waals surface area contributed by atoms with E-state index in [9.17, 15) is 4.39 Å². The quantitative estimate of drug-likeness (QED) is 0.714. The highest BCUT2D eigenvalue weighted by Crippen LogP contribution is 2.32. The van der Waals surface area contributed by atoms with E-state index in [1.165, 1.54) is 11.3 Å². The van der Waals surface area contributed by atoms with Gasteiger partial charge >= 0.3 is 0 Å². The van der Waals surface area contributed by atoms with Crippen LogP contribution < -0.4 is 0 Å². The summed E-state index contributed by atoms with van der Waals surface area (Å²) in [5.74, 6) is -0.0286. The molecule has 0 saturated carbocycles. The summed E-state index contributed by atoms with van der Waals surface area (Å²) in [6, 6.07) is 3.30. The summed E-state index contributed by atoms with van der Waals surface area (Å²) in [5.41, 5.74) is 0.695. The number of nitrogens with zero attached hydrogens (tertiary/aromatic N) is 1. The second-order valence-corrected chi connectivity index (χ2v) is 4.85. The molecule has 0 spiro atoms. The number of thiazole rings is 1. The molecule has 0 unspecified atom stereocenters. The fourth-order valence-corrected chi connectivity index (χ4v) is 2.42. The van der Waals surface area contributed by atoms with Crippen LogP contribution in [0, 0.1) is 5.82 Å². The van der Waals surface area contributed by atoms with Crippen molar-refractivity contribution in [3.63, 3.8) is 0 Å². The molecule has 1 heterocycles. The molecule has 0 aliphatic rings. The molecule has 0 aliphatic carbocycles. The molecule has 0 bridgehead atoms. The lowest BCUT2D eigenvalue weighted by atomic mass is 10.2. The molecule has 0 aliphatic heterocycles. The second-order valence-electron chi connectivity index (χ2n) is 3.42. The Morgan fingerprint density at radius 1 is 1.43 bits per heavy atom. The van der Waals surface area contributed by atoms with Gasteiger partial charge in [0.05, 0.1) is 20.2 Å². The van der Waals surface area contributed by atoms with E-state index in [1.807, 2.05) is 13.8 Å². The van der Waals surface area contributed by atoms with Gasteiger partial charge in [-0.15, -0.1) is 11.3 Å². The number of halogens is 2. The first-order chi connectivity index (χ1) is 6.59. The second kappa shape index (κ2) is 3.48. The van der Waals surface area contributed by atoms with E-state index in [0.29, 0.717) is 16.1 Å². The molecule has 2 aromatic rings. The predicted octanol–water partition coefficient (Wildman–Crippen LogP) is 4.21. The highest BCUT2D eigenvalue weighted by atomic mass is 35.5. The molecular weight excluding hydrogens is 221 g/mol. The maximum Gasteiger partial charge on any atom is 0.161 e. The van der Waals surface area contributed by atoms with Crippen molar-refractivity contribution in [3.8, 4) is 0 Å². The van der Waals surface area contributed by atoms with Crippen LogP contribution in [0.25, 0.3) is 10.2 Å². The third kappa shape index (κ3) is 1.51. The van der Waals surface area contributed by atoms with Gasteiger partial charge in [0.1, 0.15) is 0 Å². The Morgan fingerprint density at radius 2 is 2.14 bits per heavy atom. The molecular formula is C10H9ClFNS. The highest BCUT2D eigenvalue weighted by molar-refractivity contribution is 7.18. The maximum absolute atomic E-state index is 13.5. The minimum atomic E-state index is -0.353. The van der Waals surface area contributed by atoms with Crippen molar-refractivity contribution < 1.29 is 4.39 Å². The molecule has 14 heavy (non-hydrogen) atoms. The first-order valence-electron chi connectivity index (χ1n) is 4.34. The SMILES string of the molecule is CC(C)c1nc2ccc(Cl)c(F)c2s1. The molecule has 2 rings (SSSR count). The van der Waals surface area contributed by atoms with E-state index in [4.69, 9.17) is 11.6 Å². The summed E-state index contributed by atoms with van der Waals surface area (Å²) in [6.45, 7) is 4.08. The fraction of sp³-hybridized carbons (Fsp3) is 0.300. The summed E-state index contributed by atoms with van der Waals surface area (Å²) in [4.78, 5) is 4.33. The monoisotopic (exact) mass is 229 g/mol. The normalized spacial score (nSPS) is 11.5. The van der Waals surface area contributed by atoms with Crippen LogP contribution in [0.2, 0.25) is 5.02 Å². The molecule has 0 N–H and O–H groups in total. The van der Waals surface area contributed by atoms with Crippen molar-refractivity contribution in [2.24, 2.45) is 0 Å². The van der Waals surface area contributed by atoms with Gasteiger partial charge in [0.15, 0.2) is 5.82 Å². The third-order valence-corrected chi connectivity index (χ3v) is 3.62. The lowest BCUT2D eigenvalue weighted by molar-refractivity contribution is 0.642. The van der Waals surface area contributed by atoms with E-state index in [0.717, 1.165) is 5.01 Å². The van der Waals surface area contributed by atoms with E-state index < -0.39 is 0 Å². The number of aromatic nitrogens is 1. The van der Waals surface area contributed by atoms with Crippen LogP contribution in [0.4, 0.5) is 4.39 Å². The van der Waals surface area contributed by atoms with Crippen molar-refractivity contribution in [2.45, 2.75) is 19.8 Å². The number of rotatable bonds is 1. The Labute approximate surface area is 90.5 Å². The first kappa shape index (κ1) is 9.87. The number of fused-ring (bicyclic) bond motifs is 1. The van der Waals surface area contributed by atoms with Crippen LogP contribution in [0.1, 0.15) is 24.8 Å². The smallest absolute Gasteiger partial charge is 0.161 e. The van der Waals surface area contributed by atoms with Crippen LogP contribution in [-0.4, -0.2) is 4.98 Å². The summed E-state index contributed by atoms with van der Waals surface area (Å²) >= 11 is 7.06. The number of hydrogen-bond acceptors (Lipinski definition) is 2. The zero-order valence-corrected chi connectivity index (χ0v) is 9.42. The average molecular weight is 230 g/mol. The van der Waals surface area contributed by atoms with E-state index in [2.05, 4.69) is 4.98 Å². The van der Waals surface area contributed by atoms with Gasteiger partial charge in [-0.3, -0.25) is 0 Å². The summed E-state index contributed by atoms with van der Waals surface area (Å²) in [5, 5.41) is 1.11. The van der Waals surface area contributed by atoms with Gasteiger partial charge in [0, 0.05) is 5.92 Å². The molecule has 0 fully saturated rings. The fourth-order valence-electron chi connectivity index (χ4n) is 1.20. The Hall–Kier alpha value is -0.670. The van der Waals surface area contributed by atoms with Crippen LogP contribution in [0.5, 0.6) is 0 Å². The number of benzene rings is 1.